The molecule has 0 saturated carbocycles. The number of ether oxygens (including phenoxy) is 2. The van der Waals surface area contributed by atoms with E-state index in [9.17, 15) is 10.1 Å². The highest BCUT2D eigenvalue weighted by molar-refractivity contribution is 5.60. The molecule has 0 radical (unpaired) electrons. The second-order valence-corrected chi connectivity index (χ2v) is 3.00. The van der Waals surface area contributed by atoms with Gasteiger partial charge in [0.2, 0.25) is 5.82 Å². The van der Waals surface area contributed by atoms with Gasteiger partial charge in [0, 0.05) is 13.7 Å². The summed E-state index contributed by atoms with van der Waals surface area (Å²) in [5.74, 6) is 0.0953. The van der Waals surface area contributed by atoms with Gasteiger partial charge in [-0.1, -0.05) is 0 Å². The summed E-state index contributed by atoms with van der Waals surface area (Å²) in [6, 6.07) is 0. The highest BCUT2D eigenvalue weighted by Crippen LogP contribution is 2.30. The van der Waals surface area contributed by atoms with Gasteiger partial charge in [0.15, 0.2) is 0 Å². The molecule has 0 fully saturated rings. The van der Waals surface area contributed by atoms with E-state index in [0.29, 0.717) is 13.2 Å². The predicted molar refractivity (Wildman–Crippen MR) is 60.2 cm³/mol. The molecule has 0 amide bonds. The second kappa shape index (κ2) is 6.59. The Hall–Kier alpha value is -1.96. The Labute approximate surface area is 98.1 Å². The number of aromatic nitrogens is 2. The number of nitrogens with one attached hydrogen (secondary N) is 1. The van der Waals surface area contributed by atoms with Gasteiger partial charge in [-0.15, -0.1) is 0 Å². The maximum Gasteiger partial charge on any atom is 0.372 e. The average Bonchev–Trinajstić information content (AvgIpc) is 2.29. The first kappa shape index (κ1) is 13.1. The average molecular weight is 242 g/mol. The van der Waals surface area contributed by atoms with E-state index in [1.807, 2.05) is 6.92 Å². The molecule has 0 saturated heterocycles. The lowest BCUT2D eigenvalue weighted by molar-refractivity contribution is -0.385. The van der Waals surface area contributed by atoms with Crippen LogP contribution < -0.4 is 10.1 Å². The van der Waals surface area contributed by atoms with Gasteiger partial charge in [-0.25, -0.2) is 4.98 Å². The molecule has 1 heterocycles. The second-order valence-electron chi connectivity index (χ2n) is 3.00. The molecule has 1 aromatic rings. The van der Waals surface area contributed by atoms with Crippen molar-refractivity contribution in [2.24, 2.45) is 0 Å². The summed E-state index contributed by atoms with van der Waals surface area (Å²) in [5, 5.41) is 13.7. The zero-order valence-electron chi connectivity index (χ0n) is 9.67. The first-order valence-electron chi connectivity index (χ1n) is 5.05. The molecule has 0 bridgehead atoms. The molecule has 0 aromatic carbocycles. The Morgan fingerprint density at radius 1 is 1.47 bits per heavy atom. The highest BCUT2D eigenvalue weighted by Gasteiger charge is 2.23. The molecule has 0 aliphatic heterocycles. The molecule has 0 unspecified atom stereocenters. The van der Waals surface area contributed by atoms with Crippen LogP contribution in [0.3, 0.4) is 0 Å². The summed E-state index contributed by atoms with van der Waals surface area (Å²) in [4.78, 5) is 17.9. The van der Waals surface area contributed by atoms with Gasteiger partial charge in [0.25, 0.3) is 5.88 Å². The minimum atomic E-state index is -0.569. The van der Waals surface area contributed by atoms with Crippen molar-refractivity contribution >= 4 is 11.5 Å². The lowest BCUT2D eigenvalue weighted by Gasteiger charge is -2.07. The molecular weight excluding hydrogens is 228 g/mol. The van der Waals surface area contributed by atoms with Crippen molar-refractivity contribution in [2.45, 2.75) is 6.92 Å². The fourth-order valence-corrected chi connectivity index (χ4v) is 1.15. The van der Waals surface area contributed by atoms with Crippen LogP contribution in [0, 0.1) is 10.1 Å². The van der Waals surface area contributed by atoms with Gasteiger partial charge >= 0.3 is 5.69 Å². The van der Waals surface area contributed by atoms with Crippen LogP contribution in [-0.2, 0) is 4.74 Å². The molecule has 94 valence electrons. The summed E-state index contributed by atoms with van der Waals surface area (Å²) in [5.41, 5.74) is -0.259. The van der Waals surface area contributed by atoms with E-state index in [0.717, 1.165) is 0 Å². The minimum absolute atomic E-state index is 0.0574. The van der Waals surface area contributed by atoms with Crippen LogP contribution in [0.25, 0.3) is 0 Å². The van der Waals surface area contributed by atoms with Crippen molar-refractivity contribution in [1.82, 2.24) is 9.97 Å². The number of hydrogen-bond donors (Lipinski definition) is 1. The molecule has 1 N–H and O–H groups in total. The van der Waals surface area contributed by atoms with E-state index < -0.39 is 4.92 Å². The first-order valence-corrected chi connectivity index (χ1v) is 5.05. The Balaban J connectivity index is 2.94. The molecule has 8 nitrogen and oxygen atoms in total. The van der Waals surface area contributed by atoms with Crippen LogP contribution in [0.15, 0.2) is 6.33 Å². The number of nitro groups is 1. The smallest absolute Gasteiger partial charge is 0.372 e. The summed E-state index contributed by atoms with van der Waals surface area (Å²) >= 11 is 0. The monoisotopic (exact) mass is 242 g/mol. The Morgan fingerprint density at radius 2 is 2.24 bits per heavy atom. The molecule has 1 rings (SSSR count). The van der Waals surface area contributed by atoms with Crippen LogP contribution in [0.5, 0.6) is 5.88 Å². The summed E-state index contributed by atoms with van der Waals surface area (Å²) in [7, 11) is 1.52. The number of anilines is 1. The summed E-state index contributed by atoms with van der Waals surface area (Å²) < 4.78 is 9.96. The number of hydrogen-bond acceptors (Lipinski definition) is 7. The van der Waals surface area contributed by atoms with Crippen molar-refractivity contribution < 1.29 is 14.4 Å². The van der Waals surface area contributed by atoms with Crippen LogP contribution in [0.1, 0.15) is 6.92 Å². The van der Waals surface area contributed by atoms with Gasteiger partial charge in [-0.2, -0.15) is 4.98 Å². The van der Waals surface area contributed by atoms with Gasteiger partial charge < -0.3 is 14.8 Å². The molecule has 0 spiro atoms. The van der Waals surface area contributed by atoms with Crippen molar-refractivity contribution in [2.75, 3.05) is 32.2 Å². The van der Waals surface area contributed by atoms with E-state index in [-0.39, 0.29) is 24.0 Å². The summed E-state index contributed by atoms with van der Waals surface area (Å²) in [6.07, 6.45) is 1.22. The Bertz CT molecular complexity index is 385. The van der Waals surface area contributed by atoms with Crippen molar-refractivity contribution in [3.05, 3.63) is 16.4 Å². The maximum absolute atomic E-state index is 10.9. The normalized spacial score (nSPS) is 10.0. The fraction of sp³-hybridized carbons (Fsp3) is 0.556. The SMILES string of the molecule is CCNc1ncnc(OCCOC)c1[N+](=O)[O-]. The zero-order chi connectivity index (χ0) is 12.7. The number of nitrogens with zero attached hydrogens (tertiary/aromatic N) is 3. The first-order chi connectivity index (χ1) is 8.20. The predicted octanol–water partition coefficient (Wildman–Crippen LogP) is 0.842. The highest BCUT2D eigenvalue weighted by atomic mass is 16.6. The zero-order valence-corrected chi connectivity index (χ0v) is 9.67. The summed E-state index contributed by atoms with van der Waals surface area (Å²) in [6.45, 7) is 2.87. The van der Waals surface area contributed by atoms with Crippen LogP contribution >= 0.6 is 0 Å². The van der Waals surface area contributed by atoms with Gasteiger partial charge in [0.05, 0.1) is 11.5 Å². The van der Waals surface area contributed by atoms with E-state index >= 15 is 0 Å². The molecule has 0 atom stereocenters. The molecular formula is C9H14N4O4. The van der Waals surface area contributed by atoms with Crippen LogP contribution in [-0.4, -0.2) is 41.8 Å². The third kappa shape index (κ3) is 3.52. The third-order valence-corrected chi connectivity index (χ3v) is 1.84. The fourth-order valence-electron chi connectivity index (χ4n) is 1.15. The number of rotatable bonds is 7. The van der Waals surface area contributed by atoms with E-state index in [4.69, 9.17) is 9.47 Å². The number of methoxy groups -OCH3 is 1. The van der Waals surface area contributed by atoms with E-state index in [2.05, 4.69) is 15.3 Å². The quantitative estimate of drug-likeness (QED) is 0.429. The molecule has 17 heavy (non-hydrogen) atoms. The Morgan fingerprint density at radius 3 is 2.82 bits per heavy atom. The standard InChI is InChI=1S/C9H14N4O4/c1-3-10-8-7(13(14)15)9(12-6-11-8)17-5-4-16-2/h6H,3-5H2,1-2H3,(H,10,11,12). The van der Waals surface area contributed by atoms with E-state index in [1.54, 1.807) is 0 Å². The molecule has 0 aliphatic carbocycles. The minimum Gasteiger partial charge on any atom is -0.470 e. The van der Waals surface area contributed by atoms with Gasteiger partial charge in [0.1, 0.15) is 12.9 Å². The Kier molecular flexibility index (Phi) is 5.08. The van der Waals surface area contributed by atoms with Crippen LogP contribution in [0.4, 0.5) is 11.5 Å². The maximum atomic E-state index is 10.9. The van der Waals surface area contributed by atoms with Crippen LogP contribution in [0.2, 0.25) is 0 Å². The van der Waals surface area contributed by atoms with E-state index in [1.165, 1.54) is 13.4 Å². The lowest BCUT2D eigenvalue weighted by Crippen LogP contribution is -2.10. The molecule has 1 aromatic heterocycles. The van der Waals surface area contributed by atoms with Gasteiger partial charge in [-0.05, 0) is 6.92 Å². The molecule has 0 aliphatic rings. The lowest BCUT2D eigenvalue weighted by atomic mass is 10.4. The van der Waals surface area contributed by atoms with Gasteiger partial charge in [-0.3, -0.25) is 10.1 Å². The van der Waals surface area contributed by atoms with Crippen molar-refractivity contribution in [1.29, 1.82) is 0 Å². The third-order valence-electron chi connectivity index (χ3n) is 1.84. The van der Waals surface area contributed by atoms with Crippen molar-refractivity contribution in [3.8, 4) is 5.88 Å². The molecule has 8 heteroatoms. The topological polar surface area (TPSA) is 99.4 Å². The largest absolute Gasteiger partial charge is 0.470 e. The van der Waals surface area contributed by atoms with Crippen molar-refractivity contribution in [3.63, 3.8) is 0 Å².